The molecule has 0 atom stereocenters. The second-order valence-electron chi connectivity index (χ2n) is 6.67. The molecule has 0 aliphatic heterocycles. The van der Waals surface area contributed by atoms with Gasteiger partial charge in [-0.1, -0.05) is 12.1 Å². The zero-order valence-corrected chi connectivity index (χ0v) is 15.4. The largest absolute Gasteiger partial charge is 0.496 e. The normalized spacial score (nSPS) is 15.4. The molecule has 5 nitrogen and oxygen atoms in total. The molecule has 1 fully saturated rings. The lowest BCUT2D eigenvalue weighted by molar-refractivity contribution is -0.123. The van der Waals surface area contributed by atoms with Crippen LogP contribution in [0.15, 0.2) is 18.2 Å². The summed E-state index contributed by atoms with van der Waals surface area (Å²) in [4.78, 5) is 14.9. The van der Waals surface area contributed by atoms with Crippen LogP contribution < -0.4 is 10.1 Å². The van der Waals surface area contributed by atoms with E-state index >= 15 is 0 Å². The van der Waals surface area contributed by atoms with Gasteiger partial charge in [-0.3, -0.25) is 4.79 Å². The summed E-state index contributed by atoms with van der Waals surface area (Å²) in [6.45, 7) is 5.33. The number of carbonyl (C=O) groups is 1. The number of ether oxygens (including phenoxy) is 2. The highest BCUT2D eigenvalue weighted by atomic mass is 16.5. The van der Waals surface area contributed by atoms with E-state index in [1.807, 2.05) is 19.1 Å². The highest BCUT2D eigenvalue weighted by molar-refractivity contribution is 5.91. The first-order valence-electron chi connectivity index (χ1n) is 8.64. The van der Waals surface area contributed by atoms with Crippen LogP contribution in [0.5, 0.6) is 5.75 Å². The number of aryl methyl sites for hydroxylation is 1. The Morgan fingerprint density at radius 3 is 2.67 bits per heavy atom. The van der Waals surface area contributed by atoms with E-state index in [0.29, 0.717) is 6.54 Å². The number of amides is 1. The number of likely N-dealkylation sites (N-methyl/N-ethyl adjacent to an activating group) is 1. The van der Waals surface area contributed by atoms with Gasteiger partial charge in [-0.05, 0) is 57.0 Å². The molecule has 5 heteroatoms. The summed E-state index contributed by atoms with van der Waals surface area (Å²) in [5.41, 5.74) is 1.82. The molecule has 1 aliphatic carbocycles. The van der Waals surface area contributed by atoms with Gasteiger partial charge in [0.25, 0.3) is 0 Å². The van der Waals surface area contributed by atoms with Crippen molar-refractivity contribution < 1.29 is 14.3 Å². The molecule has 0 bridgehead atoms. The van der Waals surface area contributed by atoms with Crippen LogP contribution in [0, 0.1) is 6.92 Å². The molecule has 0 saturated heterocycles. The quantitative estimate of drug-likeness (QED) is 0.666. The van der Waals surface area contributed by atoms with E-state index in [4.69, 9.17) is 9.47 Å². The maximum absolute atomic E-state index is 12.6. The highest BCUT2D eigenvalue weighted by Crippen LogP contribution is 2.49. The molecule has 1 N–H and O–H groups in total. The van der Waals surface area contributed by atoms with Gasteiger partial charge in [0.15, 0.2) is 0 Å². The number of carbonyl (C=O) groups excluding carboxylic acids is 1. The number of hydrogen-bond donors (Lipinski definition) is 1. The molecule has 2 rings (SSSR count). The summed E-state index contributed by atoms with van der Waals surface area (Å²) in [7, 11) is 5.46. The molecule has 1 aromatic carbocycles. The zero-order chi connectivity index (χ0) is 17.6. The average molecular weight is 334 g/mol. The molecule has 1 saturated carbocycles. The van der Waals surface area contributed by atoms with Crippen molar-refractivity contribution in [3.63, 3.8) is 0 Å². The third-order valence-electron chi connectivity index (χ3n) is 4.82. The van der Waals surface area contributed by atoms with E-state index in [1.165, 1.54) is 0 Å². The van der Waals surface area contributed by atoms with Crippen LogP contribution in [0.2, 0.25) is 0 Å². The van der Waals surface area contributed by atoms with Gasteiger partial charge in [0.05, 0.1) is 19.1 Å². The minimum Gasteiger partial charge on any atom is -0.496 e. The topological polar surface area (TPSA) is 50.8 Å². The summed E-state index contributed by atoms with van der Waals surface area (Å²) < 4.78 is 10.5. The summed E-state index contributed by atoms with van der Waals surface area (Å²) in [5, 5.41) is 3.11. The molecule has 0 spiro atoms. The third kappa shape index (κ3) is 4.48. The fourth-order valence-electron chi connectivity index (χ4n) is 2.97. The van der Waals surface area contributed by atoms with E-state index in [0.717, 1.165) is 55.8 Å². The molecule has 1 aromatic rings. The Kier molecular flexibility index (Phi) is 6.63. The smallest absolute Gasteiger partial charge is 0.230 e. The standard InChI is InChI=1S/C19H30N2O3/c1-15-6-7-16(14-17(15)24-4)19(8-9-19)18(22)20-10-5-11-21(2)12-13-23-3/h6-7,14H,5,8-13H2,1-4H3,(H,20,22). The van der Waals surface area contributed by atoms with Crippen LogP contribution in [0.1, 0.15) is 30.4 Å². The molecule has 0 unspecified atom stereocenters. The number of nitrogens with zero attached hydrogens (tertiary/aromatic N) is 1. The van der Waals surface area contributed by atoms with Gasteiger partial charge in [-0.2, -0.15) is 0 Å². The van der Waals surface area contributed by atoms with E-state index in [2.05, 4.69) is 23.3 Å². The Morgan fingerprint density at radius 2 is 2.04 bits per heavy atom. The molecular weight excluding hydrogens is 304 g/mol. The summed E-state index contributed by atoms with van der Waals surface area (Å²) in [6.07, 6.45) is 2.77. The van der Waals surface area contributed by atoms with Gasteiger partial charge in [-0.25, -0.2) is 0 Å². The van der Waals surface area contributed by atoms with Crippen LogP contribution in [-0.2, 0) is 14.9 Å². The maximum atomic E-state index is 12.6. The van der Waals surface area contributed by atoms with Crippen LogP contribution in [-0.4, -0.2) is 58.3 Å². The number of benzene rings is 1. The minimum absolute atomic E-state index is 0.146. The van der Waals surface area contributed by atoms with Gasteiger partial charge in [0.1, 0.15) is 5.75 Å². The SMILES string of the molecule is COCCN(C)CCCNC(=O)C1(c2ccc(C)c(OC)c2)CC1. The zero-order valence-electron chi connectivity index (χ0n) is 15.4. The fraction of sp³-hybridized carbons (Fsp3) is 0.632. The lowest BCUT2D eigenvalue weighted by Crippen LogP contribution is -2.36. The first-order valence-corrected chi connectivity index (χ1v) is 8.64. The van der Waals surface area contributed by atoms with E-state index in [1.54, 1.807) is 14.2 Å². The van der Waals surface area contributed by atoms with Crippen LogP contribution >= 0.6 is 0 Å². The van der Waals surface area contributed by atoms with Gasteiger partial charge in [0, 0.05) is 20.2 Å². The minimum atomic E-state index is -0.344. The van der Waals surface area contributed by atoms with Crippen LogP contribution in [0.3, 0.4) is 0 Å². The molecule has 0 radical (unpaired) electrons. The van der Waals surface area contributed by atoms with E-state index in [-0.39, 0.29) is 11.3 Å². The highest BCUT2D eigenvalue weighted by Gasteiger charge is 2.51. The number of nitrogens with one attached hydrogen (secondary N) is 1. The van der Waals surface area contributed by atoms with Gasteiger partial charge in [-0.15, -0.1) is 0 Å². The lowest BCUT2D eigenvalue weighted by Gasteiger charge is -2.19. The number of hydrogen-bond acceptors (Lipinski definition) is 4. The molecule has 0 heterocycles. The fourth-order valence-corrected chi connectivity index (χ4v) is 2.97. The van der Waals surface area contributed by atoms with Crippen molar-refractivity contribution in [1.29, 1.82) is 0 Å². The van der Waals surface area contributed by atoms with Crippen molar-refractivity contribution >= 4 is 5.91 Å². The Morgan fingerprint density at radius 1 is 1.29 bits per heavy atom. The average Bonchev–Trinajstić information content (AvgIpc) is 3.39. The predicted molar refractivity (Wildman–Crippen MR) is 95.6 cm³/mol. The number of methoxy groups -OCH3 is 2. The van der Waals surface area contributed by atoms with Gasteiger partial charge < -0.3 is 19.7 Å². The van der Waals surface area contributed by atoms with Crippen molar-refractivity contribution in [3.05, 3.63) is 29.3 Å². The Bertz CT molecular complexity index is 556. The molecular formula is C19H30N2O3. The number of rotatable bonds is 10. The maximum Gasteiger partial charge on any atom is 0.230 e. The van der Waals surface area contributed by atoms with Gasteiger partial charge in [0.2, 0.25) is 5.91 Å². The van der Waals surface area contributed by atoms with Gasteiger partial charge >= 0.3 is 0 Å². The van der Waals surface area contributed by atoms with Crippen molar-refractivity contribution in [2.24, 2.45) is 0 Å². The first kappa shape index (κ1) is 18.7. The predicted octanol–water partition coefficient (Wildman–Crippen LogP) is 2.12. The molecule has 1 aliphatic rings. The summed E-state index contributed by atoms with van der Waals surface area (Å²) >= 11 is 0. The monoisotopic (exact) mass is 334 g/mol. The Labute approximate surface area is 145 Å². The first-order chi connectivity index (χ1) is 11.5. The van der Waals surface area contributed by atoms with Crippen molar-refractivity contribution in [2.45, 2.75) is 31.6 Å². The van der Waals surface area contributed by atoms with E-state index in [9.17, 15) is 4.79 Å². The van der Waals surface area contributed by atoms with Crippen molar-refractivity contribution in [1.82, 2.24) is 10.2 Å². The van der Waals surface area contributed by atoms with Crippen molar-refractivity contribution in [3.8, 4) is 5.75 Å². The second-order valence-corrected chi connectivity index (χ2v) is 6.67. The van der Waals surface area contributed by atoms with Crippen LogP contribution in [0.4, 0.5) is 0 Å². The third-order valence-corrected chi connectivity index (χ3v) is 4.82. The Balaban J connectivity index is 1.84. The molecule has 0 aromatic heterocycles. The Hall–Kier alpha value is -1.59. The van der Waals surface area contributed by atoms with Crippen LogP contribution in [0.25, 0.3) is 0 Å². The lowest BCUT2D eigenvalue weighted by atomic mass is 9.93. The molecule has 134 valence electrons. The van der Waals surface area contributed by atoms with E-state index < -0.39 is 0 Å². The molecule has 24 heavy (non-hydrogen) atoms. The second kappa shape index (κ2) is 8.49. The van der Waals surface area contributed by atoms with Crippen molar-refractivity contribution in [2.75, 3.05) is 47.5 Å². The molecule has 1 amide bonds. The summed E-state index contributed by atoms with van der Waals surface area (Å²) in [5.74, 6) is 0.999. The summed E-state index contributed by atoms with van der Waals surface area (Å²) in [6, 6.07) is 6.11.